The molecule has 2 atom stereocenters. The van der Waals surface area contributed by atoms with Crippen LogP contribution < -0.4 is 4.89 Å². The van der Waals surface area contributed by atoms with Gasteiger partial charge >= 0.3 is 11.9 Å². The second kappa shape index (κ2) is 66.6. The summed E-state index contributed by atoms with van der Waals surface area (Å²) in [5.74, 6) is -0.833. The zero-order valence-electron chi connectivity index (χ0n) is 57.0. The fraction of sp³-hybridized carbons (Fsp3) is 0.789. The van der Waals surface area contributed by atoms with E-state index in [0.717, 1.165) is 83.5 Å². The van der Waals surface area contributed by atoms with Crippen molar-refractivity contribution in [2.24, 2.45) is 0 Å². The van der Waals surface area contributed by atoms with Crippen LogP contribution in [0.2, 0.25) is 0 Å². The first-order valence-electron chi connectivity index (χ1n) is 36.3. The molecule has 0 N–H and O–H groups in total. The Balaban J connectivity index is 4.00. The van der Waals surface area contributed by atoms with Crippen molar-refractivity contribution in [2.75, 3.05) is 47.5 Å². The zero-order chi connectivity index (χ0) is 62.6. The van der Waals surface area contributed by atoms with Gasteiger partial charge in [0, 0.05) is 12.8 Å². The molecule has 9 nitrogen and oxygen atoms in total. The minimum absolute atomic E-state index is 0.0347. The Bertz CT molecular complexity index is 1730. The van der Waals surface area contributed by atoms with E-state index in [4.69, 9.17) is 18.5 Å². The molecule has 0 bridgehead atoms. The van der Waals surface area contributed by atoms with Crippen molar-refractivity contribution in [3.63, 3.8) is 0 Å². The van der Waals surface area contributed by atoms with Crippen molar-refractivity contribution in [3.05, 3.63) is 85.1 Å². The summed E-state index contributed by atoms with van der Waals surface area (Å²) >= 11 is 0. The molecule has 0 aliphatic heterocycles. The van der Waals surface area contributed by atoms with Gasteiger partial charge in [0.05, 0.1) is 27.7 Å². The van der Waals surface area contributed by atoms with Gasteiger partial charge in [-0.05, 0) is 89.9 Å². The van der Waals surface area contributed by atoms with E-state index in [1.165, 1.54) is 218 Å². The number of rotatable bonds is 67. The minimum atomic E-state index is -4.65. The predicted molar refractivity (Wildman–Crippen MR) is 369 cm³/mol. The monoisotopic (exact) mass is 1220 g/mol. The van der Waals surface area contributed by atoms with Crippen LogP contribution in [0.4, 0.5) is 0 Å². The molecule has 0 aromatic rings. The molecule has 0 spiro atoms. The minimum Gasteiger partial charge on any atom is -0.756 e. The molecule has 0 radical (unpaired) electrons. The van der Waals surface area contributed by atoms with Gasteiger partial charge in [-0.1, -0.05) is 317 Å². The quantitative estimate of drug-likeness (QED) is 0.0195. The second-order valence-corrected chi connectivity index (χ2v) is 27.0. The van der Waals surface area contributed by atoms with Gasteiger partial charge in [-0.25, -0.2) is 0 Å². The van der Waals surface area contributed by atoms with Crippen molar-refractivity contribution >= 4 is 19.8 Å². The van der Waals surface area contributed by atoms with Gasteiger partial charge in [0.25, 0.3) is 7.82 Å². The van der Waals surface area contributed by atoms with Crippen LogP contribution in [0, 0.1) is 0 Å². The van der Waals surface area contributed by atoms with Crippen molar-refractivity contribution in [1.29, 1.82) is 0 Å². The van der Waals surface area contributed by atoms with E-state index in [1.807, 2.05) is 21.1 Å². The molecule has 0 amide bonds. The lowest BCUT2D eigenvalue weighted by atomic mass is 10.0. The lowest BCUT2D eigenvalue weighted by molar-refractivity contribution is -0.870. The first kappa shape index (κ1) is 83.2. The summed E-state index contributed by atoms with van der Waals surface area (Å²) < 4.78 is 34.3. The Morgan fingerprint density at radius 2 is 0.663 bits per heavy atom. The number of esters is 2. The van der Waals surface area contributed by atoms with Gasteiger partial charge in [-0.15, -0.1) is 0 Å². The summed E-state index contributed by atoms with van der Waals surface area (Å²) in [5.41, 5.74) is 0. The van der Waals surface area contributed by atoms with Crippen LogP contribution in [0.5, 0.6) is 0 Å². The normalized spacial score (nSPS) is 13.6. The van der Waals surface area contributed by atoms with E-state index < -0.39 is 26.5 Å². The van der Waals surface area contributed by atoms with Gasteiger partial charge in [0.15, 0.2) is 6.10 Å². The van der Waals surface area contributed by atoms with Gasteiger partial charge in [0.1, 0.15) is 19.8 Å². The molecule has 86 heavy (non-hydrogen) atoms. The van der Waals surface area contributed by atoms with Gasteiger partial charge in [0.2, 0.25) is 0 Å². The van der Waals surface area contributed by atoms with Crippen LogP contribution >= 0.6 is 7.82 Å². The molecule has 0 saturated carbocycles. The molecule has 0 heterocycles. The average molecular weight is 1220 g/mol. The summed E-state index contributed by atoms with van der Waals surface area (Å²) in [5, 5.41) is 0. The fourth-order valence-corrected chi connectivity index (χ4v) is 11.1. The Kier molecular flexibility index (Phi) is 64.4. The maximum Gasteiger partial charge on any atom is 0.306 e. The number of allylic oxidation sites excluding steroid dienone is 14. The lowest BCUT2D eigenvalue weighted by Crippen LogP contribution is -2.37. The second-order valence-electron chi connectivity index (χ2n) is 25.6. The van der Waals surface area contributed by atoms with Crippen LogP contribution in [-0.2, 0) is 32.7 Å². The number of phosphoric acid groups is 1. The van der Waals surface area contributed by atoms with Gasteiger partial charge in [-0.3, -0.25) is 14.2 Å². The van der Waals surface area contributed by atoms with E-state index in [2.05, 4.69) is 98.9 Å². The molecule has 0 aliphatic rings. The van der Waals surface area contributed by atoms with Crippen LogP contribution in [0.25, 0.3) is 0 Å². The smallest absolute Gasteiger partial charge is 0.306 e. The van der Waals surface area contributed by atoms with Gasteiger partial charge in [-0.2, -0.15) is 0 Å². The van der Waals surface area contributed by atoms with Crippen molar-refractivity contribution < 1.29 is 42.1 Å². The molecule has 2 unspecified atom stereocenters. The number of likely N-dealkylation sites (N-methyl/N-ethyl adjacent to an activating group) is 1. The lowest BCUT2D eigenvalue weighted by Gasteiger charge is -2.28. The number of phosphoric ester groups is 1. The Morgan fingerprint density at radius 3 is 1.00 bits per heavy atom. The molecule has 10 heteroatoms. The van der Waals surface area contributed by atoms with Crippen LogP contribution in [0.3, 0.4) is 0 Å². The highest BCUT2D eigenvalue weighted by Gasteiger charge is 2.22. The maximum absolute atomic E-state index is 12.9. The van der Waals surface area contributed by atoms with Crippen molar-refractivity contribution in [2.45, 2.75) is 341 Å². The highest BCUT2D eigenvalue weighted by Crippen LogP contribution is 2.38. The van der Waals surface area contributed by atoms with Gasteiger partial charge < -0.3 is 27.9 Å². The first-order chi connectivity index (χ1) is 42.0. The maximum atomic E-state index is 12.9. The Labute approximate surface area is 532 Å². The Hall–Kier alpha value is -2.81. The number of carbonyl (C=O) groups is 2. The third-order valence-corrected chi connectivity index (χ3v) is 16.9. The number of nitrogens with zero attached hydrogens (tertiary/aromatic N) is 1. The summed E-state index contributed by atoms with van der Waals surface area (Å²) in [6.45, 7) is 4.15. The van der Waals surface area contributed by atoms with E-state index >= 15 is 0 Å². The summed E-state index contributed by atoms with van der Waals surface area (Å²) in [6, 6.07) is 0. The number of hydrogen-bond donors (Lipinski definition) is 0. The highest BCUT2D eigenvalue weighted by molar-refractivity contribution is 7.45. The number of hydrogen-bond acceptors (Lipinski definition) is 8. The molecule has 0 fully saturated rings. The third kappa shape index (κ3) is 70.3. The topological polar surface area (TPSA) is 111 Å². The van der Waals surface area contributed by atoms with Crippen molar-refractivity contribution in [3.8, 4) is 0 Å². The zero-order valence-corrected chi connectivity index (χ0v) is 57.9. The molecule has 0 aliphatic carbocycles. The van der Waals surface area contributed by atoms with Crippen LogP contribution in [0.15, 0.2) is 85.1 Å². The molecule has 500 valence electrons. The first-order valence-corrected chi connectivity index (χ1v) is 37.8. The highest BCUT2D eigenvalue weighted by atomic mass is 31.2. The number of ether oxygens (including phenoxy) is 2. The average Bonchev–Trinajstić information content (AvgIpc) is 3.53. The SMILES string of the molecule is CC/C=C\C/C=C\C/C=C\C/C=C\C/C=C\C/C=C\CCCCCCCCCCC(=O)OC(COC(=O)CCCCCCCCCCCCCCCCCCCCCCCCC/C=C\CCCCCCCCCC)COP(=O)([O-])OCC[N+](C)(C)C. The van der Waals surface area contributed by atoms with Crippen LogP contribution in [-0.4, -0.2) is 70.0 Å². The third-order valence-electron chi connectivity index (χ3n) is 15.9. The summed E-state index contributed by atoms with van der Waals surface area (Å²) in [7, 11) is 1.16. The molecular formula is C76H138NO8P. The molecule has 0 rings (SSSR count). The molecule has 0 aromatic heterocycles. The number of carbonyl (C=O) groups excluding carboxylic acids is 2. The van der Waals surface area contributed by atoms with E-state index in [9.17, 15) is 19.0 Å². The molecular weight excluding hydrogens is 1090 g/mol. The number of quaternary nitrogens is 1. The van der Waals surface area contributed by atoms with E-state index in [-0.39, 0.29) is 32.0 Å². The fourth-order valence-electron chi connectivity index (χ4n) is 10.4. The number of unbranched alkanes of at least 4 members (excludes halogenated alkanes) is 39. The van der Waals surface area contributed by atoms with E-state index in [0.29, 0.717) is 17.4 Å². The molecule has 0 saturated heterocycles. The predicted octanol–water partition coefficient (Wildman–Crippen LogP) is 23.1. The molecule has 0 aromatic carbocycles. The van der Waals surface area contributed by atoms with E-state index in [1.54, 1.807) is 0 Å². The standard InChI is InChI=1S/C76H138NO8P/c1-6-8-10-12-14-16-18-20-22-24-26-28-30-32-34-35-36-37-38-39-40-41-43-44-46-48-50-52-54-56-58-60-62-64-66-68-75(78)82-72-74(73-84-86(80,81)83-71-70-77(3,4)5)85-76(79)69-67-65-63-61-59-57-55-53-51-49-47-45-42-33-31-29-27-25-23-21-19-17-15-13-11-9-7-2/h9,11,15,17,21,23-24,26-27,29,33,42,47,49,74H,6-8,10,12-14,16,18-20,22,25,28,30-32,34-41,43-46,48,50-73H2,1-5H3/b11-9-,17-15-,23-21-,26-24-,29-27-,42-33-,49-47-. The van der Waals surface area contributed by atoms with Crippen LogP contribution in [0.1, 0.15) is 335 Å². The Morgan fingerprint density at radius 1 is 0.372 bits per heavy atom. The van der Waals surface area contributed by atoms with Crippen molar-refractivity contribution in [1.82, 2.24) is 0 Å². The summed E-state index contributed by atoms with van der Waals surface area (Å²) in [6.07, 6.45) is 91.1. The largest absolute Gasteiger partial charge is 0.756 e. The summed E-state index contributed by atoms with van der Waals surface area (Å²) in [4.78, 5) is 38.1.